The molecule has 4 nitrogen and oxygen atoms in total. The summed E-state index contributed by atoms with van der Waals surface area (Å²) < 4.78 is 0. The van der Waals surface area contributed by atoms with E-state index in [4.69, 9.17) is 0 Å². The first-order valence-corrected chi connectivity index (χ1v) is 7.54. The number of nitrogens with zero attached hydrogens (tertiary/aromatic N) is 2. The smallest absolute Gasteiger partial charge is 0 e. The van der Waals surface area contributed by atoms with E-state index in [2.05, 4.69) is 44.2 Å². The second-order valence-corrected chi connectivity index (χ2v) is 5.50. The van der Waals surface area contributed by atoms with Crippen molar-refractivity contribution in [1.29, 1.82) is 0 Å². The van der Waals surface area contributed by atoms with Gasteiger partial charge >= 0.3 is 0 Å². The normalized spacial score (nSPS) is 10.9. The maximum Gasteiger partial charge on any atom is 0 e. The standard InChI is InChI=1S/C20H10N4.4Y/c1-2-14-10-16-5-6-18(23-16)12-20-8-7-19(24-20)11-17-4-3-15(22-17)9-13(1)21-14;;;;/h1-8,21,24H;;;;/q-4;;;;. The topological polar surface area (TPSA) is 57.4 Å². The Morgan fingerprint density at radius 2 is 0.714 bits per heavy atom. The van der Waals surface area contributed by atoms with Crippen LogP contribution in [-0.4, -0.2) is 19.9 Å². The molecule has 2 aliphatic rings. The summed E-state index contributed by atoms with van der Waals surface area (Å²) in [6.45, 7) is 0. The van der Waals surface area contributed by atoms with Crippen molar-refractivity contribution in [3.8, 4) is 0 Å². The van der Waals surface area contributed by atoms with Gasteiger partial charge in [-0.15, -0.1) is 24.3 Å². The first-order valence-electron chi connectivity index (χ1n) is 7.54. The summed E-state index contributed by atoms with van der Waals surface area (Å²) in [4.78, 5) is 15.5. The fraction of sp³-hybridized carbons (Fsp3) is 0. The third-order valence-corrected chi connectivity index (χ3v) is 3.70. The van der Waals surface area contributed by atoms with Crippen LogP contribution in [0, 0.1) is 24.3 Å². The van der Waals surface area contributed by atoms with Gasteiger partial charge in [0.05, 0.1) is 0 Å². The summed E-state index contributed by atoms with van der Waals surface area (Å²) in [6, 6.07) is 20.7. The number of aromatic nitrogens is 4. The molecule has 0 spiro atoms. The predicted octanol–water partition coefficient (Wildman–Crippen LogP) is 3.85. The van der Waals surface area contributed by atoms with E-state index < -0.39 is 0 Å². The minimum absolute atomic E-state index is 0. The number of hydrogen-bond acceptors (Lipinski definition) is 2. The van der Waals surface area contributed by atoms with E-state index in [1.807, 2.05) is 48.6 Å². The molecule has 3 aromatic rings. The summed E-state index contributed by atoms with van der Waals surface area (Å²) >= 11 is 0. The largest absolute Gasteiger partial charge is 0.403 e. The summed E-state index contributed by atoms with van der Waals surface area (Å²) in [5, 5.41) is 0. The summed E-state index contributed by atoms with van der Waals surface area (Å²) in [5.41, 5.74) is 6.44. The second kappa shape index (κ2) is 12.2. The monoisotopic (exact) mass is 662 g/mol. The van der Waals surface area contributed by atoms with Gasteiger partial charge in [0, 0.05) is 131 Å². The van der Waals surface area contributed by atoms with Crippen molar-refractivity contribution < 1.29 is 131 Å². The van der Waals surface area contributed by atoms with Crippen molar-refractivity contribution in [1.82, 2.24) is 19.9 Å². The molecule has 2 aliphatic heterocycles. The number of hydrogen-bond donors (Lipinski definition) is 2. The van der Waals surface area contributed by atoms with Crippen molar-refractivity contribution in [2.45, 2.75) is 0 Å². The van der Waals surface area contributed by atoms with Gasteiger partial charge in [-0.2, -0.15) is 48.6 Å². The van der Waals surface area contributed by atoms with Crippen LogP contribution < -0.4 is 0 Å². The van der Waals surface area contributed by atoms with Crippen LogP contribution in [0.3, 0.4) is 0 Å². The van der Waals surface area contributed by atoms with Crippen LogP contribution in [0.5, 0.6) is 0 Å². The van der Waals surface area contributed by atoms with E-state index in [-0.39, 0.29) is 131 Å². The van der Waals surface area contributed by atoms with E-state index in [1.165, 1.54) is 0 Å². The first-order chi connectivity index (χ1) is 11.8. The molecule has 3 aromatic heterocycles. The number of nitrogens with one attached hydrogen (secondary N) is 2. The molecule has 0 atom stereocenters. The minimum atomic E-state index is 0. The molecule has 5 heterocycles. The Bertz CT molecular complexity index is 1000. The van der Waals surface area contributed by atoms with Gasteiger partial charge in [-0.25, -0.2) is 0 Å². The maximum absolute atomic E-state index is 4.50. The number of fused-ring (bicyclic) bond motifs is 8. The molecule has 0 aromatic carbocycles. The van der Waals surface area contributed by atoms with Gasteiger partial charge in [-0.1, -0.05) is 44.8 Å². The molecule has 5 rings (SSSR count). The number of H-pyrrole nitrogens is 2. The molecule has 0 unspecified atom stereocenters. The van der Waals surface area contributed by atoms with Gasteiger partial charge in [0.25, 0.3) is 0 Å². The average Bonchev–Trinajstić information content (AvgIpc) is 3.32. The Morgan fingerprint density at radius 3 is 0.964 bits per heavy atom. The molecule has 0 fully saturated rings. The Morgan fingerprint density at radius 1 is 0.464 bits per heavy atom. The Hall–Kier alpha value is 1.02. The molecule has 2 N–H and O–H groups in total. The van der Waals surface area contributed by atoms with Crippen molar-refractivity contribution in [3.05, 3.63) is 71.3 Å². The van der Waals surface area contributed by atoms with Gasteiger partial charge in [-0.3, -0.25) is 0 Å². The summed E-state index contributed by atoms with van der Waals surface area (Å²) in [7, 11) is 0. The average molecular weight is 662 g/mol. The zero-order chi connectivity index (χ0) is 15.9. The van der Waals surface area contributed by atoms with Gasteiger partial charge in [0.1, 0.15) is 0 Å². The number of rotatable bonds is 0. The molecule has 0 aliphatic carbocycles. The van der Waals surface area contributed by atoms with Crippen LogP contribution in [0.25, 0.3) is 46.4 Å². The van der Waals surface area contributed by atoms with Gasteiger partial charge in [0.15, 0.2) is 0 Å². The van der Waals surface area contributed by atoms with E-state index in [9.17, 15) is 0 Å². The van der Waals surface area contributed by atoms with E-state index >= 15 is 0 Å². The van der Waals surface area contributed by atoms with E-state index in [1.54, 1.807) is 0 Å². The van der Waals surface area contributed by atoms with Crippen molar-refractivity contribution in [2.24, 2.45) is 0 Å². The maximum atomic E-state index is 4.50. The third-order valence-electron chi connectivity index (χ3n) is 3.70. The quantitative estimate of drug-likeness (QED) is 0.248. The Kier molecular flexibility index (Phi) is 11.7. The molecular weight excluding hydrogens is 652 g/mol. The van der Waals surface area contributed by atoms with Crippen molar-refractivity contribution in [2.75, 3.05) is 0 Å². The molecular formula is C20H10N4Y4-4. The van der Waals surface area contributed by atoms with Crippen LogP contribution in [0.1, 0.15) is 22.8 Å². The molecule has 8 bridgehead atoms. The second-order valence-electron chi connectivity index (χ2n) is 5.50. The SMILES string of the molecule is [Y].[Y].[Y].[Y].[c-]1c2nc([c-]c3ccc([c-]c4nc([c-]c5ccc1[nH]5)C=C4)[nH]3)C=C2. The first kappa shape index (κ1) is 27.1. The van der Waals surface area contributed by atoms with Crippen LogP contribution in [-0.2, 0) is 131 Å². The Balaban J connectivity index is 0.000000980. The summed E-state index contributed by atoms with van der Waals surface area (Å²) in [6.07, 6.45) is 7.67. The van der Waals surface area contributed by atoms with Crippen LogP contribution in [0.4, 0.5) is 0 Å². The van der Waals surface area contributed by atoms with E-state index in [0.29, 0.717) is 0 Å². The van der Waals surface area contributed by atoms with E-state index in [0.717, 1.165) is 44.8 Å². The van der Waals surface area contributed by atoms with Crippen LogP contribution in [0.15, 0.2) is 24.3 Å². The van der Waals surface area contributed by atoms with Gasteiger partial charge < -0.3 is 19.9 Å². The molecule has 28 heavy (non-hydrogen) atoms. The fourth-order valence-electron chi connectivity index (χ4n) is 2.64. The van der Waals surface area contributed by atoms with Crippen molar-refractivity contribution >= 4 is 46.4 Å². The van der Waals surface area contributed by atoms with Gasteiger partial charge in [-0.05, 0) is 0 Å². The molecule has 0 saturated heterocycles. The molecule has 0 amide bonds. The van der Waals surface area contributed by atoms with Crippen LogP contribution >= 0.6 is 0 Å². The zero-order valence-corrected chi connectivity index (χ0v) is 26.2. The molecule has 4 radical (unpaired) electrons. The third kappa shape index (κ3) is 6.51. The Labute approximate surface area is 263 Å². The summed E-state index contributed by atoms with van der Waals surface area (Å²) in [5.74, 6) is 0. The van der Waals surface area contributed by atoms with Crippen LogP contribution in [0.2, 0.25) is 0 Å². The fourth-order valence-corrected chi connectivity index (χ4v) is 2.64. The number of aromatic amines is 2. The zero-order valence-electron chi connectivity index (χ0n) is 14.8. The molecule has 126 valence electrons. The predicted molar refractivity (Wildman–Crippen MR) is 94.2 cm³/mol. The minimum Gasteiger partial charge on any atom is -0.403 e. The van der Waals surface area contributed by atoms with Crippen molar-refractivity contribution in [3.63, 3.8) is 0 Å². The van der Waals surface area contributed by atoms with Gasteiger partial charge in [0.2, 0.25) is 0 Å². The molecule has 0 saturated carbocycles. The molecule has 8 heteroatoms.